The standard InChI is InChI=1S/C23H42O7/c1-7-11-16-28-21(25)19(20(24)27-15-8-2)13-12-14-23(5,6)17-29-22(26)30-18(9-3)10-4/h18-19H,7-17H2,1-6H3. The van der Waals surface area contributed by atoms with Crippen LogP contribution in [0.3, 0.4) is 0 Å². The van der Waals surface area contributed by atoms with Crippen molar-refractivity contribution in [3.63, 3.8) is 0 Å². The van der Waals surface area contributed by atoms with E-state index in [0.29, 0.717) is 32.3 Å². The molecule has 0 aliphatic rings. The fourth-order valence-corrected chi connectivity index (χ4v) is 2.79. The molecule has 0 aromatic heterocycles. The van der Waals surface area contributed by atoms with Crippen LogP contribution in [0.4, 0.5) is 4.79 Å². The molecule has 0 bridgehead atoms. The molecule has 0 aromatic rings. The molecule has 0 spiro atoms. The zero-order chi connectivity index (χ0) is 23.0. The summed E-state index contributed by atoms with van der Waals surface area (Å²) in [6.45, 7) is 12.6. The van der Waals surface area contributed by atoms with E-state index >= 15 is 0 Å². The highest BCUT2D eigenvalue weighted by Crippen LogP contribution is 2.26. The van der Waals surface area contributed by atoms with E-state index in [1.165, 1.54) is 0 Å². The van der Waals surface area contributed by atoms with E-state index in [2.05, 4.69) is 0 Å². The SMILES string of the molecule is CCCCOC(=O)C(CCCC(C)(C)COC(=O)OC(CC)CC)C(=O)OCCC. The molecule has 176 valence electrons. The normalized spacial score (nSPS) is 12.4. The van der Waals surface area contributed by atoms with Crippen molar-refractivity contribution in [2.45, 2.75) is 99.0 Å². The molecule has 0 heterocycles. The summed E-state index contributed by atoms with van der Waals surface area (Å²) < 4.78 is 20.9. The molecule has 0 rings (SSSR count). The Morgan fingerprint density at radius 3 is 1.93 bits per heavy atom. The summed E-state index contributed by atoms with van der Waals surface area (Å²) in [6.07, 6.45) is 4.70. The molecule has 0 amide bonds. The van der Waals surface area contributed by atoms with Gasteiger partial charge in [0.2, 0.25) is 0 Å². The van der Waals surface area contributed by atoms with Gasteiger partial charge in [-0.05, 0) is 43.9 Å². The van der Waals surface area contributed by atoms with Crippen molar-refractivity contribution >= 4 is 18.1 Å². The Kier molecular flexibility index (Phi) is 15.0. The van der Waals surface area contributed by atoms with E-state index in [-0.39, 0.29) is 24.7 Å². The predicted octanol–water partition coefficient (Wildman–Crippen LogP) is 5.44. The molecular weight excluding hydrogens is 388 g/mol. The Bertz CT molecular complexity index is 498. The van der Waals surface area contributed by atoms with Crippen LogP contribution < -0.4 is 0 Å². The van der Waals surface area contributed by atoms with Gasteiger partial charge in [0.15, 0.2) is 5.92 Å². The summed E-state index contributed by atoms with van der Waals surface area (Å²) in [5, 5.41) is 0. The summed E-state index contributed by atoms with van der Waals surface area (Å²) >= 11 is 0. The molecule has 7 heteroatoms. The number of ether oxygens (including phenoxy) is 4. The third-order valence-corrected chi connectivity index (χ3v) is 4.86. The molecule has 0 N–H and O–H groups in total. The maximum atomic E-state index is 12.3. The van der Waals surface area contributed by atoms with Gasteiger partial charge in [-0.15, -0.1) is 0 Å². The van der Waals surface area contributed by atoms with Gasteiger partial charge >= 0.3 is 18.1 Å². The van der Waals surface area contributed by atoms with E-state index in [1.807, 2.05) is 41.5 Å². The van der Waals surface area contributed by atoms with Crippen molar-refractivity contribution in [3.8, 4) is 0 Å². The van der Waals surface area contributed by atoms with Crippen LogP contribution in [0, 0.1) is 11.3 Å². The van der Waals surface area contributed by atoms with Gasteiger partial charge in [0.1, 0.15) is 12.7 Å². The monoisotopic (exact) mass is 430 g/mol. The van der Waals surface area contributed by atoms with Crippen LogP contribution in [0.2, 0.25) is 0 Å². The Morgan fingerprint density at radius 2 is 1.40 bits per heavy atom. The highest BCUT2D eigenvalue weighted by molar-refractivity contribution is 5.94. The summed E-state index contributed by atoms with van der Waals surface area (Å²) in [5.74, 6) is -1.96. The van der Waals surface area contributed by atoms with Gasteiger partial charge in [-0.2, -0.15) is 0 Å². The number of rotatable bonds is 16. The molecule has 0 aliphatic heterocycles. The number of unbranched alkanes of at least 4 members (excludes halogenated alkanes) is 1. The van der Waals surface area contributed by atoms with Crippen molar-refractivity contribution in [2.24, 2.45) is 11.3 Å². The lowest BCUT2D eigenvalue weighted by Crippen LogP contribution is -2.29. The fraction of sp³-hybridized carbons (Fsp3) is 0.870. The van der Waals surface area contributed by atoms with E-state index < -0.39 is 24.0 Å². The molecule has 0 aromatic carbocycles. The molecule has 0 fully saturated rings. The van der Waals surface area contributed by atoms with Crippen molar-refractivity contribution in [3.05, 3.63) is 0 Å². The predicted molar refractivity (Wildman–Crippen MR) is 115 cm³/mol. The summed E-state index contributed by atoms with van der Waals surface area (Å²) in [5.41, 5.74) is -0.309. The summed E-state index contributed by atoms with van der Waals surface area (Å²) in [4.78, 5) is 36.5. The first kappa shape index (κ1) is 28.2. The largest absolute Gasteiger partial charge is 0.508 e. The van der Waals surface area contributed by atoms with Crippen LogP contribution in [0.5, 0.6) is 0 Å². The maximum Gasteiger partial charge on any atom is 0.508 e. The number of carbonyl (C=O) groups excluding carboxylic acids is 3. The second-order valence-electron chi connectivity index (χ2n) is 8.39. The average Bonchev–Trinajstić information content (AvgIpc) is 2.72. The summed E-state index contributed by atoms with van der Waals surface area (Å²) in [6, 6.07) is 0. The molecule has 0 saturated heterocycles. The second kappa shape index (κ2) is 16.0. The van der Waals surface area contributed by atoms with Gasteiger partial charge in [0.05, 0.1) is 13.2 Å². The number of carbonyl (C=O) groups is 3. The number of hydrogen-bond acceptors (Lipinski definition) is 7. The zero-order valence-electron chi connectivity index (χ0n) is 19.8. The van der Waals surface area contributed by atoms with Gasteiger partial charge < -0.3 is 18.9 Å². The first-order valence-corrected chi connectivity index (χ1v) is 11.4. The lowest BCUT2D eigenvalue weighted by molar-refractivity contribution is -0.162. The van der Waals surface area contributed by atoms with Gasteiger partial charge in [0.25, 0.3) is 0 Å². The van der Waals surface area contributed by atoms with Crippen LogP contribution in [0.1, 0.15) is 92.9 Å². The molecule has 30 heavy (non-hydrogen) atoms. The Labute approximate surface area is 182 Å². The molecule has 1 atom stereocenters. The number of esters is 2. The van der Waals surface area contributed by atoms with Crippen molar-refractivity contribution < 1.29 is 33.3 Å². The first-order chi connectivity index (χ1) is 14.2. The number of hydrogen-bond donors (Lipinski definition) is 0. The fourth-order valence-electron chi connectivity index (χ4n) is 2.79. The van der Waals surface area contributed by atoms with Gasteiger partial charge in [-0.3, -0.25) is 9.59 Å². The van der Waals surface area contributed by atoms with Gasteiger partial charge in [0, 0.05) is 0 Å². The minimum Gasteiger partial charge on any atom is -0.465 e. The lowest BCUT2D eigenvalue weighted by Gasteiger charge is -2.25. The van der Waals surface area contributed by atoms with E-state index in [0.717, 1.165) is 25.7 Å². The molecule has 7 nitrogen and oxygen atoms in total. The third-order valence-electron chi connectivity index (χ3n) is 4.86. The Balaban J connectivity index is 4.60. The van der Waals surface area contributed by atoms with E-state index in [9.17, 15) is 14.4 Å². The molecule has 0 radical (unpaired) electrons. The van der Waals surface area contributed by atoms with Crippen LogP contribution in [-0.2, 0) is 28.5 Å². The summed E-state index contributed by atoms with van der Waals surface area (Å²) in [7, 11) is 0. The Hall–Kier alpha value is -1.79. The molecule has 0 saturated carbocycles. The van der Waals surface area contributed by atoms with E-state index in [1.54, 1.807) is 0 Å². The third kappa shape index (κ3) is 12.7. The van der Waals surface area contributed by atoms with Crippen molar-refractivity contribution in [2.75, 3.05) is 19.8 Å². The van der Waals surface area contributed by atoms with Gasteiger partial charge in [-0.25, -0.2) is 4.79 Å². The average molecular weight is 431 g/mol. The minimum atomic E-state index is -0.912. The highest BCUT2D eigenvalue weighted by Gasteiger charge is 2.30. The quantitative estimate of drug-likeness (QED) is 0.139. The molecular formula is C23H42O7. The minimum absolute atomic E-state index is 0.130. The molecule has 0 aliphatic carbocycles. The second-order valence-corrected chi connectivity index (χ2v) is 8.39. The first-order valence-electron chi connectivity index (χ1n) is 11.4. The topological polar surface area (TPSA) is 88.1 Å². The zero-order valence-corrected chi connectivity index (χ0v) is 19.8. The van der Waals surface area contributed by atoms with Crippen LogP contribution in [0.25, 0.3) is 0 Å². The van der Waals surface area contributed by atoms with Crippen LogP contribution >= 0.6 is 0 Å². The maximum absolute atomic E-state index is 12.3. The highest BCUT2D eigenvalue weighted by atomic mass is 16.7. The smallest absolute Gasteiger partial charge is 0.465 e. The lowest BCUT2D eigenvalue weighted by atomic mass is 9.86. The van der Waals surface area contributed by atoms with Crippen LogP contribution in [0.15, 0.2) is 0 Å². The molecule has 1 unspecified atom stereocenters. The van der Waals surface area contributed by atoms with Crippen molar-refractivity contribution in [1.82, 2.24) is 0 Å². The van der Waals surface area contributed by atoms with Crippen molar-refractivity contribution in [1.29, 1.82) is 0 Å². The van der Waals surface area contributed by atoms with Gasteiger partial charge in [-0.1, -0.05) is 54.4 Å². The Morgan fingerprint density at radius 1 is 0.800 bits per heavy atom. The van der Waals surface area contributed by atoms with E-state index in [4.69, 9.17) is 18.9 Å². The van der Waals surface area contributed by atoms with Crippen LogP contribution in [-0.4, -0.2) is 44.0 Å².